The molecule has 0 radical (unpaired) electrons. The first kappa shape index (κ1) is 7.19. The van der Waals surface area contributed by atoms with Crippen molar-refractivity contribution < 1.29 is 13.6 Å². The van der Waals surface area contributed by atoms with Crippen molar-refractivity contribution in [2.45, 2.75) is 25.2 Å². The second-order valence-corrected chi connectivity index (χ2v) is 3.72. The Bertz CT molecular complexity index is 183. The summed E-state index contributed by atoms with van der Waals surface area (Å²) >= 11 is 0. The van der Waals surface area contributed by atoms with Crippen LogP contribution < -0.4 is 0 Å². The van der Waals surface area contributed by atoms with Gasteiger partial charge in [-0.05, 0) is 18.3 Å². The molecule has 11 heavy (non-hydrogen) atoms. The van der Waals surface area contributed by atoms with Crippen LogP contribution in [0, 0.1) is 17.8 Å². The summed E-state index contributed by atoms with van der Waals surface area (Å²) in [6, 6.07) is 0. The summed E-state index contributed by atoms with van der Waals surface area (Å²) in [5.41, 5.74) is 0. The van der Waals surface area contributed by atoms with Crippen LogP contribution in [0.4, 0.5) is 8.78 Å². The Kier molecular flexibility index (Phi) is 1.32. The van der Waals surface area contributed by atoms with E-state index in [0.717, 1.165) is 12.7 Å². The summed E-state index contributed by atoms with van der Waals surface area (Å²) in [6.45, 7) is 0. The van der Waals surface area contributed by atoms with Crippen molar-refractivity contribution in [3.05, 3.63) is 0 Å². The summed E-state index contributed by atoms with van der Waals surface area (Å²) < 4.78 is 24.6. The third-order valence-corrected chi connectivity index (χ3v) is 2.79. The summed E-state index contributed by atoms with van der Waals surface area (Å²) in [6.07, 6.45) is 1.79. The molecule has 2 unspecified atom stereocenters. The zero-order valence-corrected chi connectivity index (χ0v) is 6.09. The highest BCUT2D eigenvalue weighted by Gasteiger charge is 2.55. The molecule has 0 aromatic heterocycles. The molecule has 0 bridgehead atoms. The zero-order valence-electron chi connectivity index (χ0n) is 6.09. The summed E-state index contributed by atoms with van der Waals surface area (Å²) in [4.78, 5) is 10.2. The Hall–Kier alpha value is -0.470. The van der Waals surface area contributed by atoms with Crippen molar-refractivity contribution in [3.63, 3.8) is 0 Å². The number of alkyl halides is 2. The third-order valence-electron chi connectivity index (χ3n) is 2.79. The van der Waals surface area contributed by atoms with Gasteiger partial charge in [-0.25, -0.2) is 8.78 Å². The largest absolute Gasteiger partial charge is 0.303 e. The van der Waals surface area contributed by atoms with Crippen molar-refractivity contribution in [1.82, 2.24) is 0 Å². The van der Waals surface area contributed by atoms with Gasteiger partial charge in [0.25, 0.3) is 0 Å². The first-order valence-electron chi connectivity index (χ1n) is 3.95. The van der Waals surface area contributed by atoms with Crippen molar-refractivity contribution in [1.29, 1.82) is 0 Å². The molecule has 0 aromatic rings. The molecule has 0 heterocycles. The van der Waals surface area contributed by atoms with Gasteiger partial charge in [0.05, 0.1) is 0 Å². The van der Waals surface area contributed by atoms with Crippen LogP contribution in [-0.4, -0.2) is 12.2 Å². The SMILES string of the molecule is O=CC1CC1C1CC(F)(F)C1. The van der Waals surface area contributed by atoms with Crippen LogP contribution in [0.3, 0.4) is 0 Å². The summed E-state index contributed by atoms with van der Waals surface area (Å²) in [5.74, 6) is -1.87. The first-order chi connectivity index (χ1) is 5.12. The zero-order chi connectivity index (χ0) is 8.06. The van der Waals surface area contributed by atoms with Gasteiger partial charge in [-0.2, -0.15) is 0 Å². The molecule has 3 heteroatoms. The van der Waals surface area contributed by atoms with Gasteiger partial charge in [0.1, 0.15) is 6.29 Å². The molecule has 1 nitrogen and oxygen atoms in total. The molecule has 2 aliphatic carbocycles. The first-order valence-corrected chi connectivity index (χ1v) is 3.95. The molecule has 62 valence electrons. The quantitative estimate of drug-likeness (QED) is 0.563. The normalized spacial score (nSPS) is 41.3. The number of halogens is 2. The lowest BCUT2D eigenvalue weighted by Crippen LogP contribution is -2.36. The van der Waals surface area contributed by atoms with E-state index >= 15 is 0 Å². The fraction of sp³-hybridized carbons (Fsp3) is 0.875. The topological polar surface area (TPSA) is 17.1 Å². The molecule has 2 aliphatic rings. The highest BCUT2D eigenvalue weighted by atomic mass is 19.3. The van der Waals surface area contributed by atoms with Crippen molar-refractivity contribution >= 4 is 6.29 Å². The Labute approximate surface area is 63.8 Å². The minimum Gasteiger partial charge on any atom is -0.303 e. The van der Waals surface area contributed by atoms with Crippen molar-refractivity contribution in [2.75, 3.05) is 0 Å². The molecule has 0 amide bonds. The molecule has 2 rings (SSSR count). The fourth-order valence-corrected chi connectivity index (χ4v) is 1.94. The van der Waals surface area contributed by atoms with E-state index < -0.39 is 5.92 Å². The van der Waals surface area contributed by atoms with Crippen LogP contribution in [0.25, 0.3) is 0 Å². The number of hydrogen-bond donors (Lipinski definition) is 0. The van der Waals surface area contributed by atoms with Gasteiger partial charge in [-0.1, -0.05) is 0 Å². The highest BCUT2D eigenvalue weighted by molar-refractivity contribution is 5.58. The van der Waals surface area contributed by atoms with E-state index in [1.807, 2.05) is 0 Å². The molecular formula is C8H10F2O. The maximum atomic E-state index is 12.3. The monoisotopic (exact) mass is 160 g/mol. The number of rotatable bonds is 2. The van der Waals surface area contributed by atoms with E-state index in [1.54, 1.807) is 0 Å². The van der Waals surface area contributed by atoms with Gasteiger partial charge in [-0.15, -0.1) is 0 Å². The van der Waals surface area contributed by atoms with E-state index in [2.05, 4.69) is 0 Å². The van der Waals surface area contributed by atoms with Gasteiger partial charge in [0, 0.05) is 18.8 Å². The maximum absolute atomic E-state index is 12.3. The van der Waals surface area contributed by atoms with Gasteiger partial charge >= 0.3 is 0 Å². The molecular weight excluding hydrogens is 150 g/mol. The Balaban J connectivity index is 1.80. The molecule has 0 aliphatic heterocycles. The smallest absolute Gasteiger partial charge is 0.248 e. The van der Waals surface area contributed by atoms with Gasteiger partial charge in [0.15, 0.2) is 0 Å². The van der Waals surface area contributed by atoms with Gasteiger partial charge in [-0.3, -0.25) is 0 Å². The minimum absolute atomic E-state index is 0.0159. The standard InChI is InChI=1S/C8H10F2O/c9-8(10)2-6(3-8)7-1-5(7)4-11/h4-7H,1-3H2. The van der Waals surface area contributed by atoms with Gasteiger partial charge < -0.3 is 4.79 Å². The number of carbonyl (C=O) groups is 1. The van der Waals surface area contributed by atoms with Crippen LogP contribution >= 0.6 is 0 Å². The minimum atomic E-state index is -2.42. The molecule has 2 atom stereocenters. The van der Waals surface area contributed by atoms with Crippen molar-refractivity contribution in [3.8, 4) is 0 Å². The van der Waals surface area contributed by atoms with E-state index in [1.165, 1.54) is 0 Å². The Morgan fingerprint density at radius 2 is 2.00 bits per heavy atom. The molecule has 2 fully saturated rings. The van der Waals surface area contributed by atoms with Crippen LogP contribution in [0.1, 0.15) is 19.3 Å². The Morgan fingerprint density at radius 1 is 1.36 bits per heavy atom. The van der Waals surface area contributed by atoms with Crippen molar-refractivity contribution in [2.24, 2.45) is 17.8 Å². The lowest BCUT2D eigenvalue weighted by Gasteiger charge is -2.35. The molecule has 0 aromatic carbocycles. The molecule has 0 spiro atoms. The van der Waals surface area contributed by atoms with Crippen LogP contribution in [0.15, 0.2) is 0 Å². The van der Waals surface area contributed by atoms with E-state index in [9.17, 15) is 13.6 Å². The van der Waals surface area contributed by atoms with Crippen LogP contribution in [0.5, 0.6) is 0 Å². The van der Waals surface area contributed by atoms with E-state index in [0.29, 0.717) is 5.92 Å². The molecule has 0 N–H and O–H groups in total. The van der Waals surface area contributed by atoms with E-state index in [4.69, 9.17) is 0 Å². The lowest BCUT2D eigenvalue weighted by molar-refractivity contribution is -0.121. The average molecular weight is 160 g/mol. The number of carbonyl (C=O) groups excluding carboxylic acids is 1. The predicted molar refractivity (Wildman–Crippen MR) is 35.3 cm³/mol. The predicted octanol–water partition coefficient (Wildman–Crippen LogP) is 1.87. The maximum Gasteiger partial charge on any atom is 0.248 e. The van der Waals surface area contributed by atoms with Gasteiger partial charge in [0.2, 0.25) is 5.92 Å². The third kappa shape index (κ3) is 1.17. The number of hydrogen-bond acceptors (Lipinski definition) is 1. The average Bonchev–Trinajstić information content (AvgIpc) is 2.60. The second kappa shape index (κ2) is 2.02. The highest BCUT2D eigenvalue weighted by Crippen LogP contribution is 2.55. The lowest BCUT2D eigenvalue weighted by atomic mass is 9.77. The second-order valence-electron chi connectivity index (χ2n) is 3.72. The summed E-state index contributed by atoms with van der Waals surface area (Å²) in [7, 11) is 0. The van der Waals surface area contributed by atoms with E-state index in [-0.39, 0.29) is 24.7 Å². The van der Waals surface area contributed by atoms with Crippen LogP contribution in [-0.2, 0) is 4.79 Å². The fourth-order valence-electron chi connectivity index (χ4n) is 1.94. The summed E-state index contributed by atoms with van der Waals surface area (Å²) in [5, 5.41) is 0. The number of aldehydes is 1. The molecule has 2 saturated carbocycles. The molecule has 0 saturated heterocycles. The van der Waals surface area contributed by atoms with Crippen LogP contribution in [0.2, 0.25) is 0 Å². The Morgan fingerprint density at radius 3 is 2.36 bits per heavy atom.